The average Bonchev–Trinajstić information content (AvgIpc) is 2.74. The molecular formula is C26H28N2O2. The highest BCUT2D eigenvalue weighted by Crippen LogP contribution is 2.27. The van der Waals surface area contributed by atoms with Gasteiger partial charge in [-0.15, -0.1) is 0 Å². The fraction of sp³-hybridized carbons (Fsp3) is 0.231. The third-order valence-corrected chi connectivity index (χ3v) is 4.94. The van der Waals surface area contributed by atoms with E-state index in [0.717, 1.165) is 16.8 Å². The minimum absolute atomic E-state index is 0.0448. The van der Waals surface area contributed by atoms with Gasteiger partial charge in [0.15, 0.2) is 0 Å². The number of para-hydroxylation sites is 1. The quantitative estimate of drug-likeness (QED) is 0.581. The van der Waals surface area contributed by atoms with Gasteiger partial charge in [0.05, 0.1) is 0 Å². The molecule has 2 amide bonds. The van der Waals surface area contributed by atoms with Crippen LogP contribution in [-0.4, -0.2) is 18.4 Å². The van der Waals surface area contributed by atoms with Gasteiger partial charge in [-0.25, -0.2) is 0 Å². The fourth-order valence-corrected chi connectivity index (χ4v) is 3.19. The highest BCUT2D eigenvalue weighted by molar-refractivity contribution is 5.97. The second-order valence-electron chi connectivity index (χ2n) is 8.29. The van der Waals surface area contributed by atoms with Crippen LogP contribution in [-0.2, 0) is 10.2 Å². The summed E-state index contributed by atoms with van der Waals surface area (Å²) in [4.78, 5) is 24.7. The SMILES string of the molecule is CC(C)(C)c1ccc(C(=O)NCCC(=O)Nc2ccccc2-c2ccccc2)cc1. The molecule has 0 saturated carbocycles. The van der Waals surface area contributed by atoms with E-state index in [4.69, 9.17) is 0 Å². The summed E-state index contributed by atoms with van der Waals surface area (Å²) in [5.41, 5.74) is 4.59. The molecule has 3 aromatic rings. The Bertz CT molecular complexity index is 1000. The first kappa shape index (κ1) is 21.3. The first-order valence-electron chi connectivity index (χ1n) is 10.2. The molecule has 3 aromatic carbocycles. The molecule has 154 valence electrons. The van der Waals surface area contributed by atoms with Gasteiger partial charge in [-0.05, 0) is 34.7 Å². The van der Waals surface area contributed by atoms with Crippen molar-refractivity contribution < 1.29 is 9.59 Å². The molecule has 3 rings (SSSR count). The largest absolute Gasteiger partial charge is 0.352 e. The lowest BCUT2D eigenvalue weighted by Gasteiger charge is -2.19. The van der Waals surface area contributed by atoms with E-state index in [1.165, 1.54) is 5.56 Å². The minimum Gasteiger partial charge on any atom is -0.352 e. The van der Waals surface area contributed by atoms with E-state index in [1.54, 1.807) is 0 Å². The zero-order valence-electron chi connectivity index (χ0n) is 17.7. The van der Waals surface area contributed by atoms with Crippen molar-refractivity contribution in [2.24, 2.45) is 0 Å². The van der Waals surface area contributed by atoms with Crippen LogP contribution in [0.2, 0.25) is 0 Å². The number of hydrogen-bond acceptors (Lipinski definition) is 2. The summed E-state index contributed by atoms with van der Waals surface area (Å²) in [6.45, 7) is 6.68. The lowest BCUT2D eigenvalue weighted by Crippen LogP contribution is -2.27. The smallest absolute Gasteiger partial charge is 0.251 e. The fourth-order valence-electron chi connectivity index (χ4n) is 3.19. The normalized spacial score (nSPS) is 11.0. The summed E-state index contributed by atoms with van der Waals surface area (Å²) in [6.07, 6.45) is 0.203. The molecular weight excluding hydrogens is 372 g/mol. The van der Waals surface area contributed by atoms with E-state index >= 15 is 0 Å². The zero-order valence-corrected chi connectivity index (χ0v) is 17.7. The molecule has 0 unspecified atom stereocenters. The number of anilines is 1. The van der Waals surface area contributed by atoms with Crippen LogP contribution in [0.1, 0.15) is 43.1 Å². The molecule has 0 saturated heterocycles. The van der Waals surface area contributed by atoms with Crippen LogP contribution in [0.3, 0.4) is 0 Å². The van der Waals surface area contributed by atoms with E-state index < -0.39 is 0 Å². The Balaban J connectivity index is 1.54. The van der Waals surface area contributed by atoms with Crippen molar-refractivity contribution in [1.29, 1.82) is 0 Å². The first-order chi connectivity index (χ1) is 14.3. The lowest BCUT2D eigenvalue weighted by atomic mass is 9.87. The van der Waals surface area contributed by atoms with Crippen molar-refractivity contribution in [3.05, 3.63) is 90.0 Å². The molecule has 0 spiro atoms. The highest BCUT2D eigenvalue weighted by atomic mass is 16.2. The Morgan fingerprint density at radius 3 is 2.10 bits per heavy atom. The first-order valence-corrected chi connectivity index (χ1v) is 10.2. The second-order valence-corrected chi connectivity index (χ2v) is 8.29. The summed E-state index contributed by atoms with van der Waals surface area (Å²) >= 11 is 0. The van der Waals surface area contributed by atoms with Crippen molar-refractivity contribution in [2.45, 2.75) is 32.6 Å². The molecule has 0 aromatic heterocycles. The van der Waals surface area contributed by atoms with Gasteiger partial charge in [0.2, 0.25) is 5.91 Å². The zero-order chi connectivity index (χ0) is 21.6. The molecule has 0 fully saturated rings. The Morgan fingerprint density at radius 1 is 0.800 bits per heavy atom. The van der Waals surface area contributed by atoms with Gasteiger partial charge < -0.3 is 10.6 Å². The van der Waals surface area contributed by atoms with Crippen LogP contribution in [0.4, 0.5) is 5.69 Å². The topological polar surface area (TPSA) is 58.2 Å². The third kappa shape index (κ3) is 5.57. The summed E-state index contributed by atoms with van der Waals surface area (Å²) in [5.74, 6) is -0.310. The van der Waals surface area contributed by atoms with Gasteiger partial charge in [0.25, 0.3) is 5.91 Å². The minimum atomic E-state index is -0.173. The van der Waals surface area contributed by atoms with Crippen LogP contribution in [0, 0.1) is 0 Å². The van der Waals surface area contributed by atoms with E-state index in [9.17, 15) is 9.59 Å². The molecule has 0 aliphatic rings. The summed E-state index contributed by atoms with van der Waals surface area (Å²) < 4.78 is 0. The maximum absolute atomic E-state index is 12.4. The van der Waals surface area contributed by atoms with Crippen molar-refractivity contribution in [2.75, 3.05) is 11.9 Å². The van der Waals surface area contributed by atoms with Gasteiger partial charge in [0.1, 0.15) is 0 Å². The van der Waals surface area contributed by atoms with Crippen LogP contribution < -0.4 is 10.6 Å². The van der Waals surface area contributed by atoms with Crippen LogP contribution in [0.25, 0.3) is 11.1 Å². The summed E-state index contributed by atoms with van der Waals surface area (Å²) in [5, 5.41) is 5.78. The molecule has 2 N–H and O–H groups in total. The van der Waals surface area contributed by atoms with Gasteiger partial charge >= 0.3 is 0 Å². The number of carbonyl (C=O) groups excluding carboxylic acids is 2. The van der Waals surface area contributed by atoms with Gasteiger partial charge in [-0.2, -0.15) is 0 Å². The van der Waals surface area contributed by atoms with Gasteiger partial charge in [0, 0.05) is 29.8 Å². The van der Waals surface area contributed by atoms with Crippen LogP contribution in [0.15, 0.2) is 78.9 Å². The van der Waals surface area contributed by atoms with E-state index in [-0.39, 0.29) is 30.2 Å². The third-order valence-electron chi connectivity index (χ3n) is 4.94. The number of benzene rings is 3. The molecule has 0 aliphatic heterocycles. The van der Waals surface area contributed by atoms with Crippen molar-refractivity contribution in [3.63, 3.8) is 0 Å². The summed E-state index contributed by atoms with van der Waals surface area (Å²) in [7, 11) is 0. The highest BCUT2D eigenvalue weighted by Gasteiger charge is 2.14. The predicted molar refractivity (Wildman–Crippen MR) is 123 cm³/mol. The Kier molecular flexibility index (Phi) is 6.68. The monoisotopic (exact) mass is 400 g/mol. The number of nitrogens with one attached hydrogen (secondary N) is 2. The average molecular weight is 401 g/mol. The standard InChI is InChI=1S/C26H28N2O2/c1-26(2,3)21-15-13-20(14-16-21)25(30)27-18-17-24(29)28-23-12-8-7-11-22(23)19-9-5-4-6-10-19/h4-16H,17-18H2,1-3H3,(H,27,30)(H,28,29). The Morgan fingerprint density at radius 2 is 1.43 bits per heavy atom. The molecule has 4 nitrogen and oxygen atoms in total. The maximum atomic E-state index is 12.4. The number of hydrogen-bond donors (Lipinski definition) is 2. The van der Waals surface area contributed by atoms with E-state index in [0.29, 0.717) is 5.56 Å². The number of amides is 2. The van der Waals surface area contributed by atoms with Crippen molar-refractivity contribution >= 4 is 17.5 Å². The van der Waals surface area contributed by atoms with Crippen LogP contribution in [0.5, 0.6) is 0 Å². The van der Waals surface area contributed by atoms with E-state index in [1.807, 2.05) is 78.9 Å². The number of rotatable bonds is 6. The number of carbonyl (C=O) groups is 2. The van der Waals surface area contributed by atoms with Gasteiger partial charge in [-0.3, -0.25) is 9.59 Å². The lowest BCUT2D eigenvalue weighted by molar-refractivity contribution is -0.116. The van der Waals surface area contributed by atoms with Crippen LogP contribution >= 0.6 is 0 Å². The van der Waals surface area contributed by atoms with Crippen molar-refractivity contribution in [1.82, 2.24) is 5.32 Å². The van der Waals surface area contributed by atoms with E-state index in [2.05, 4.69) is 31.4 Å². The molecule has 0 bridgehead atoms. The van der Waals surface area contributed by atoms with Crippen molar-refractivity contribution in [3.8, 4) is 11.1 Å². The second kappa shape index (κ2) is 9.40. The maximum Gasteiger partial charge on any atom is 0.251 e. The van der Waals surface area contributed by atoms with Gasteiger partial charge in [-0.1, -0.05) is 81.4 Å². The molecule has 0 atom stereocenters. The Labute approximate surface area is 178 Å². The molecule has 4 heteroatoms. The molecule has 0 aliphatic carbocycles. The molecule has 0 heterocycles. The Hall–Kier alpha value is -3.40. The predicted octanol–water partition coefficient (Wildman–Crippen LogP) is 5.41. The molecule has 0 radical (unpaired) electrons. The molecule has 30 heavy (non-hydrogen) atoms. The summed E-state index contributed by atoms with van der Waals surface area (Å²) in [6, 6.07) is 25.2.